The van der Waals surface area contributed by atoms with Gasteiger partial charge in [-0.1, -0.05) is 11.3 Å². The first kappa shape index (κ1) is 15.8. The molecule has 1 heterocycles. The predicted octanol–water partition coefficient (Wildman–Crippen LogP) is 2.79. The maximum Gasteiger partial charge on any atom is 0.190 e. The zero-order chi connectivity index (χ0) is 15.2. The van der Waals surface area contributed by atoms with E-state index in [1.807, 2.05) is 38.4 Å². The summed E-state index contributed by atoms with van der Waals surface area (Å²) in [4.78, 5) is 7.96. The first-order chi connectivity index (χ1) is 10.2. The second-order valence-corrected chi connectivity index (χ2v) is 5.65. The Bertz CT molecular complexity index is 545. The Morgan fingerprint density at radius 1 is 1.24 bits per heavy atom. The number of thiazole rings is 1. The van der Waals surface area contributed by atoms with Crippen LogP contribution in [0.2, 0.25) is 0 Å². The average molecular weight is 307 g/mol. The van der Waals surface area contributed by atoms with E-state index in [9.17, 15) is 0 Å². The lowest BCUT2D eigenvalue weighted by atomic mass is 10.3. The van der Waals surface area contributed by atoms with Gasteiger partial charge in [0.25, 0.3) is 0 Å². The molecule has 5 nitrogen and oxygen atoms in total. The van der Waals surface area contributed by atoms with Gasteiger partial charge in [-0.05, 0) is 31.3 Å². The minimum atomic E-state index is 0.532. The highest BCUT2D eigenvalue weighted by atomic mass is 32.1. The first-order valence-corrected chi connectivity index (χ1v) is 7.51. The molecule has 0 aliphatic rings. The summed E-state index contributed by atoms with van der Waals surface area (Å²) in [5.41, 5.74) is 2.07. The number of methoxy groups -OCH3 is 2. The molecule has 0 radical (unpaired) electrons. The Labute approximate surface area is 129 Å². The molecule has 0 amide bonds. The van der Waals surface area contributed by atoms with Crippen LogP contribution in [0.5, 0.6) is 5.75 Å². The first-order valence-electron chi connectivity index (χ1n) is 6.69. The SMILES string of the molecule is CNCc1sc(N(C)c2ccc(OC)cc2)nc1COC. The molecule has 0 aliphatic heterocycles. The van der Waals surface area contributed by atoms with Crippen LogP contribution in [0, 0.1) is 0 Å². The van der Waals surface area contributed by atoms with Gasteiger partial charge < -0.3 is 19.7 Å². The van der Waals surface area contributed by atoms with Crippen LogP contribution in [0.4, 0.5) is 10.8 Å². The van der Waals surface area contributed by atoms with Gasteiger partial charge in [-0.25, -0.2) is 4.98 Å². The third-order valence-electron chi connectivity index (χ3n) is 3.13. The van der Waals surface area contributed by atoms with Crippen molar-refractivity contribution in [1.82, 2.24) is 10.3 Å². The highest BCUT2D eigenvalue weighted by Gasteiger charge is 2.14. The van der Waals surface area contributed by atoms with Gasteiger partial charge >= 0.3 is 0 Å². The molecule has 1 aromatic heterocycles. The molecule has 1 aromatic carbocycles. The zero-order valence-corrected chi connectivity index (χ0v) is 13.7. The van der Waals surface area contributed by atoms with E-state index in [-0.39, 0.29) is 0 Å². The third-order valence-corrected chi connectivity index (χ3v) is 4.31. The van der Waals surface area contributed by atoms with Crippen LogP contribution < -0.4 is 15.0 Å². The Kier molecular flexibility index (Phi) is 5.55. The summed E-state index contributed by atoms with van der Waals surface area (Å²) in [7, 11) is 7.31. The highest BCUT2D eigenvalue weighted by Crippen LogP contribution is 2.31. The lowest BCUT2D eigenvalue weighted by Gasteiger charge is -2.16. The second kappa shape index (κ2) is 7.40. The van der Waals surface area contributed by atoms with Gasteiger partial charge in [-0.3, -0.25) is 0 Å². The molecule has 1 N–H and O–H groups in total. The molecule has 0 atom stereocenters. The van der Waals surface area contributed by atoms with Crippen LogP contribution in [-0.4, -0.2) is 33.3 Å². The number of aromatic nitrogens is 1. The summed E-state index contributed by atoms with van der Waals surface area (Å²) in [6.07, 6.45) is 0. The summed E-state index contributed by atoms with van der Waals surface area (Å²) in [6.45, 7) is 1.33. The van der Waals surface area contributed by atoms with Crippen LogP contribution in [0.15, 0.2) is 24.3 Å². The zero-order valence-electron chi connectivity index (χ0n) is 12.8. The van der Waals surface area contributed by atoms with Crippen molar-refractivity contribution in [1.29, 1.82) is 0 Å². The van der Waals surface area contributed by atoms with E-state index >= 15 is 0 Å². The van der Waals surface area contributed by atoms with Crippen LogP contribution >= 0.6 is 11.3 Å². The minimum Gasteiger partial charge on any atom is -0.497 e. The number of hydrogen-bond donors (Lipinski definition) is 1. The van der Waals surface area contributed by atoms with E-state index in [1.165, 1.54) is 4.88 Å². The molecule has 0 bridgehead atoms. The van der Waals surface area contributed by atoms with Gasteiger partial charge in [-0.15, -0.1) is 0 Å². The molecule has 0 unspecified atom stereocenters. The van der Waals surface area contributed by atoms with E-state index in [2.05, 4.69) is 15.2 Å². The average Bonchev–Trinajstić information content (AvgIpc) is 2.90. The van der Waals surface area contributed by atoms with Crippen LogP contribution in [0.3, 0.4) is 0 Å². The Morgan fingerprint density at radius 2 is 1.95 bits per heavy atom. The smallest absolute Gasteiger partial charge is 0.190 e. The standard InChI is InChI=1S/C15H21N3O2S/c1-16-9-14-13(10-19-3)17-15(21-14)18(2)11-5-7-12(20-4)8-6-11/h5-8,16H,9-10H2,1-4H3. The fourth-order valence-corrected chi connectivity index (χ4v) is 3.04. The topological polar surface area (TPSA) is 46.6 Å². The summed E-state index contributed by atoms with van der Waals surface area (Å²) in [5, 5.41) is 4.13. The van der Waals surface area contributed by atoms with Gasteiger partial charge in [0.05, 0.1) is 19.4 Å². The summed E-state index contributed by atoms with van der Waals surface area (Å²) in [6, 6.07) is 7.94. The normalized spacial score (nSPS) is 10.7. The van der Waals surface area contributed by atoms with Crippen molar-refractivity contribution in [3.63, 3.8) is 0 Å². The minimum absolute atomic E-state index is 0.532. The maximum atomic E-state index is 5.23. The Hall–Kier alpha value is -1.63. The predicted molar refractivity (Wildman–Crippen MR) is 86.6 cm³/mol. The van der Waals surface area contributed by atoms with Crippen molar-refractivity contribution in [2.24, 2.45) is 0 Å². The molecular formula is C15H21N3O2S. The van der Waals surface area contributed by atoms with Gasteiger partial charge in [0.1, 0.15) is 5.75 Å². The lowest BCUT2D eigenvalue weighted by molar-refractivity contribution is 0.181. The fraction of sp³-hybridized carbons (Fsp3) is 0.400. The molecule has 0 spiro atoms. The van der Waals surface area contributed by atoms with E-state index in [0.717, 1.165) is 28.8 Å². The number of anilines is 2. The summed E-state index contributed by atoms with van der Waals surface area (Å²) in [5.74, 6) is 0.849. The lowest BCUT2D eigenvalue weighted by Crippen LogP contribution is -2.09. The van der Waals surface area contributed by atoms with E-state index in [4.69, 9.17) is 9.47 Å². The summed E-state index contributed by atoms with van der Waals surface area (Å²) < 4.78 is 10.4. The largest absolute Gasteiger partial charge is 0.497 e. The summed E-state index contributed by atoms with van der Waals surface area (Å²) >= 11 is 1.68. The molecule has 0 aliphatic carbocycles. The molecule has 0 saturated heterocycles. The molecule has 2 aromatic rings. The van der Waals surface area contributed by atoms with Crippen LogP contribution in [-0.2, 0) is 17.9 Å². The van der Waals surface area contributed by atoms with Crippen molar-refractivity contribution in [2.75, 3.05) is 33.2 Å². The number of benzene rings is 1. The van der Waals surface area contributed by atoms with Gasteiger partial charge in [0.15, 0.2) is 5.13 Å². The Morgan fingerprint density at radius 3 is 2.52 bits per heavy atom. The molecule has 21 heavy (non-hydrogen) atoms. The van der Waals surface area contributed by atoms with E-state index < -0.39 is 0 Å². The van der Waals surface area contributed by atoms with Gasteiger partial charge in [-0.2, -0.15) is 0 Å². The monoisotopic (exact) mass is 307 g/mol. The number of ether oxygens (including phenoxy) is 2. The van der Waals surface area contributed by atoms with E-state index in [0.29, 0.717) is 6.61 Å². The fourth-order valence-electron chi connectivity index (χ4n) is 1.98. The van der Waals surface area contributed by atoms with Crippen LogP contribution in [0.1, 0.15) is 10.6 Å². The quantitative estimate of drug-likeness (QED) is 0.852. The molecule has 0 saturated carbocycles. The molecule has 2 rings (SSSR count). The van der Waals surface area contributed by atoms with Gasteiger partial charge in [0.2, 0.25) is 0 Å². The number of hydrogen-bond acceptors (Lipinski definition) is 6. The Balaban J connectivity index is 2.24. The molecule has 114 valence electrons. The molecule has 0 fully saturated rings. The van der Waals surface area contributed by atoms with Crippen molar-refractivity contribution in [3.05, 3.63) is 34.8 Å². The highest BCUT2D eigenvalue weighted by molar-refractivity contribution is 7.15. The maximum absolute atomic E-state index is 5.23. The molecule has 6 heteroatoms. The van der Waals surface area contributed by atoms with Crippen molar-refractivity contribution < 1.29 is 9.47 Å². The van der Waals surface area contributed by atoms with Crippen LogP contribution in [0.25, 0.3) is 0 Å². The van der Waals surface area contributed by atoms with Crippen molar-refractivity contribution in [2.45, 2.75) is 13.2 Å². The second-order valence-electron chi connectivity index (χ2n) is 4.59. The number of nitrogens with one attached hydrogen (secondary N) is 1. The van der Waals surface area contributed by atoms with Crippen molar-refractivity contribution >= 4 is 22.2 Å². The third kappa shape index (κ3) is 3.72. The number of nitrogens with zero attached hydrogens (tertiary/aromatic N) is 2. The van der Waals surface area contributed by atoms with Crippen molar-refractivity contribution in [3.8, 4) is 5.75 Å². The van der Waals surface area contributed by atoms with E-state index in [1.54, 1.807) is 25.6 Å². The number of rotatable bonds is 7. The van der Waals surface area contributed by atoms with Gasteiger partial charge in [0, 0.05) is 31.3 Å². The molecular weight excluding hydrogens is 286 g/mol.